The predicted octanol–water partition coefficient (Wildman–Crippen LogP) is 1.89. The van der Waals surface area contributed by atoms with Crippen molar-refractivity contribution in [2.24, 2.45) is 0 Å². The van der Waals surface area contributed by atoms with Crippen LogP contribution >= 0.6 is 0 Å². The highest BCUT2D eigenvalue weighted by Gasteiger charge is 2.18. The quantitative estimate of drug-likeness (QED) is 0.621. The maximum absolute atomic E-state index is 2.40. The standard InChI is InChI=1S/C10H20N2/c1-5-10-8-12(9(2)3)7-6-11(10)4/h6-7,9-10H,5,8H2,1-4H3/t10-/m0/s1. The van der Waals surface area contributed by atoms with E-state index in [1.165, 1.54) is 13.0 Å². The molecule has 0 radical (unpaired) electrons. The molecule has 0 aromatic carbocycles. The van der Waals surface area contributed by atoms with Gasteiger partial charge in [0.1, 0.15) is 0 Å². The molecule has 2 nitrogen and oxygen atoms in total. The Balaban J connectivity index is 2.58. The molecular weight excluding hydrogens is 148 g/mol. The first-order valence-electron chi connectivity index (χ1n) is 4.81. The monoisotopic (exact) mass is 168 g/mol. The van der Waals surface area contributed by atoms with Crippen molar-refractivity contribution in [3.05, 3.63) is 12.4 Å². The summed E-state index contributed by atoms with van der Waals surface area (Å²) in [7, 11) is 2.16. The molecule has 1 heterocycles. The van der Waals surface area contributed by atoms with E-state index >= 15 is 0 Å². The summed E-state index contributed by atoms with van der Waals surface area (Å²) in [5.74, 6) is 0. The van der Waals surface area contributed by atoms with Crippen LogP contribution in [0.4, 0.5) is 0 Å². The van der Waals surface area contributed by atoms with E-state index in [-0.39, 0.29) is 0 Å². The van der Waals surface area contributed by atoms with Gasteiger partial charge in [-0.25, -0.2) is 0 Å². The summed E-state index contributed by atoms with van der Waals surface area (Å²) < 4.78 is 0. The van der Waals surface area contributed by atoms with Crippen molar-refractivity contribution in [3.8, 4) is 0 Å². The lowest BCUT2D eigenvalue weighted by molar-refractivity contribution is 0.182. The molecule has 0 fully saturated rings. The van der Waals surface area contributed by atoms with Crippen molar-refractivity contribution in [3.63, 3.8) is 0 Å². The van der Waals surface area contributed by atoms with Crippen LogP contribution in [0.5, 0.6) is 0 Å². The number of hydrogen-bond donors (Lipinski definition) is 0. The van der Waals surface area contributed by atoms with Crippen LogP contribution in [0.3, 0.4) is 0 Å². The van der Waals surface area contributed by atoms with Crippen molar-refractivity contribution in [1.82, 2.24) is 9.80 Å². The largest absolute Gasteiger partial charge is 0.375 e. The average molecular weight is 168 g/mol. The lowest BCUT2D eigenvalue weighted by Crippen LogP contribution is -2.43. The Kier molecular flexibility index (Phi) is 3.01. The minimum absolute atomic E-state index is 0.629. The highest BCUT2D eigenvalue weighted by molar-refractivity contribution is 4.94. The molecule has 12 heavy (non-hydrogen) atoms. The van der Waals surface area contributed by atoms with Crippen LogP contribution in [-0.2, 0) is 0 Å². The molecule has 0 bridgehead atoms. The molecule has 1 aliphatic rings. The molecule has 0 aromatic rings. The third-order valence-corrected chi connectivity index (χ3v) is 2.63. The Morgan fingerprint density at radius 3 is 2.58 bits per heavy atom. The first-order chi connectivity index (χ1) is 5.65. The SMILES string of the molecule is CC[C@H]1CN(C(C)C)C=CN1C. The third-order valence-electron chi connectivity index (χ3n) is 2.63. The van der Waals surface area contributed by atoms with Crippen LogP contribution in [0.2, 0.25) is 0 Å². The second-order valence-electron chi connectivity index (χ2n) is 3.82. The molecule has 1 atom stereocenters. The molecule has 0 saturated heterocycles. The van der Waals surface area contributed by atoms with Gasteiger partial charge in [0, 0.05) is 38.1 Å². The highest BCUT2D eigenvalue weighted by atomic mass is 15.2. The fourth-order valence-electron chi connectivity index (χ4n) is 1.55. The van der Waals surface area contributed by atoms with Gasteiger partial charge in [-0.3, -0.25) is 0 Å². The van der Waals surface area contributed by atoms with E-state index < -0.39 is 0 Å². The van der Waals surface area contributed by atoms with Crippen LogP contribution in [-0.4, -0.2) is 35.5 Å². The fraction of sp³-hybridized carbons (Fsp3) is 0.800. The zero-order valence-electron chi connectivity index (χ0n) is 8.62. The number of hydrogen-bond acceptors (Lipinski definition) is 2. The number of nitrogens with zero attached hydrogens (tertiary/aromatic N) is 2. The van der Waals surface area contributed by atoms with Crippen LogP contribution in [0.1, 0.15) is 27.2 Å². The van der Waals surface area contributed by atoms with E-state index in [4.69, 9.17) is 0 Å². The normalized spacial score (nSPS) is 23.9. The maximum Gasteiger partial charge on any atom is 0.0454 e. The Labute approximate surface area is 75.8 Å². The van der Waals surface area contributed by atoms with Crippen LogP contribution in [0.15, 0.2) is 12.4 Å². The van der Waals surface area contributed by atoms with E-state index in [0.717, 1.165) is 0 Å². The third kappa shape index (κ3) is 1.93. The van der Waals surface area contributed by atoms with Gasteiger partial charge < -0.3 is 9.80 Å². The van der Waals surface area contributed by atoms with Crippen molar-refractivity contribution < 1.29 is 0 Å². The van der Waals surface area contributed by atoms with Gasteiger partial charge in [0.05, 0.1) is 0 Å². The summed E-state index contributed by atoms with van der Waals surface area (Å²) >= 11 is 0. The average Bonchev–Trinajstić information content (AvgIpc) is 2.05. The summed E-state index contributed by atoms with van der Waals surface area (Å²) in [5.41, 5.74) is 0. The molecule has 0 spiro atoms. The topological polar surface area (TPSA) is 6.48 Å². The van der Waals surface area contributed by atoms with Gasteiger partial charge in [0.25, 0.3) is 0 Å². The second-order valence-corrected chi connectivity index (χ2v) is 3.82. The second kappa shape index (κ2) is 3.83. The Bertz CT molecular complexity index is 163. The Morgan fingerprint density at radius 2 is 2.08 bits per heavy atom. The molecule has 1 rings (SSSR count). The minimum Gasteiger partial charge on any atom is -0.375 e. The molecule has 0 aliphatic carbocycles. The number of likely N-dealkylation sites (N-methyl/N-ethyl adjacent to an activating group) is 1. The van der Waals surface area contributed by atoms with Crippen molar-refractivity contribution >= 4 is 0 Å². The molecule has 70 valence electrons. The van der Waals surface area contributed by atoms with Gasteiger partial charge in [0.15, 0.2) is 0 Å². The van der Waals surface area contributed by atoms with Gasteiger partial charge in [0.2, 0.25) is 0 Å². The molecule has 0 saturated carbocycles. The zero-order chi connectivity index (χ0) is 9.14. The predicted molar refractivity (Wildman–Crippen MR) is 52.8 cm³/mol. The lowest BCUT2D eigenvalue weighted by Gasteiger charge is -2.38. The van der Waals surface area contributed by atoms with Crippen molar-refractivity contribution in [1.29, 1.82) is 0 Å². The van der Waals surface area contributed by atoms with E-state index in [2.05, 4.69) is 50.0 Å². The molecular formula is C10H20N2. The van der Waals surface area contributed by atoms with Crippen LogP contribution < -0.4 is 0 Å². The van der Waals surface area contributed by atoms with Gasteiger partial charge >= 0.3 is 0 Å². The van der Waals surface area contributed by atoms with Gasteiger partial charge in [-0.1, -0.05) is 6.92 Å². The first kappa shape index (κ1) is 9.43. The van der Waals surface area contributed by atoms with Crippen molar-refractivity contribution in [2.75, 3.05) is 13.6 Å². The molecule has 0 unspecified atom stereocenters. The summed E-state index contributed by atoms with van der Waals surface area (Å²) in [6.45, 7) is 7.89. The van der Waals surface area contributed by atoms with Crippen LogP contribution in [0, 0.1) is 0 Å². The van der Waals surface area contributed by atoms with E-state index in [9.17, 15) is 0 Å². The molecule has 0 N–H and O–H groups in total. The van der Waals surface area contributed by atoms with Crippen LogP contribution in [0.25, 0.3) is 0 Å². The van der Waals surface area contributed by atoms with E-state index in [1.807, 2.05) is 0 Å². The first-order valence-corrected chi connectivity index (χ1v) is 4.81. The lowest BCUT2D eigenvalue weighted by atomic mass is 10.1. The molecule has 0 amide bonds. The summed E-state index contributed by atoms with van der Waals surface area (Å²) in [5, 5.41) is 0. The summed E-state index contributed by atoms with van der Waals surface area (Å²) in [4.78, 5) is 4.70. The van der Waals surface area contributed by atoms with Gasteiger partial charge in [-0.05, 0) is 20.3 Å². The highest BCUT2D eigenvalue weighted by Crippen LogP contribution is 2.13. The minimum atomic E-state index is 0.629. The summed E-state index contributed by atoms with van der Waals surface area (Å²) in [6, 6.07) is 1.32. The smallest absolute Gasteiger partial charge is 0.0454 e. The fourth-order valence-corrected chi connectivity index (χ4v) is 1.55. The molecule has 0 aromatic heterocycles. The van der Waals surface area contributed by atoms with Crippen molar-refractivity contribution in [2.45, 2.75) is 39.3 Å². The molecule has 2 heteroatoms. The Hall–Kier alpha value is -0.660. The Morgan fingerprint density at radius 1 is 1.42 bits per heavy atom. The zero-order valence-corrected chi connectivity index (χ0v) is 8.62. The maximum atomic E-state index is 2.40. The summed E-state index contributed by atoms with van der Waals surface area (Å²) in [6.07, 6.45) is 5.60. The van der Waals surface area contributed by atoms with E-state index in [1.54, 1.807) is 0 Å². The van der Waals surface area contributed by atoms with E-state index in [0.29, 0.717) is 12.1 Å². The van der Waals surface area contributed by atoms with Gasteiger partial charge in [-0.2, -0.15) is 0 Å². The van der Waals surface area contributed by atoms with Gasteiger partial charge in [-0.15, -0.1) is 0 Å². The number of rotatable bonds is 2. The molecule has 1 aliphatic heterocycles.